The van der Waals surface area contributed by atoms with Gasteiger partial charge in [-0.1, -0.05) is 5.92 Å². The molecular weight excluding hydrogens is 252 g/mol. The van der Waals surface area contributed by atoms with E-state index >= 15 is 0 Å². The van der Waals surface area contributed by atoms with Crippen LogP contribution in [0.2, 0.25) is 0 Å². The maximum absolute atomic E-state index is 11.0. The fourth-order valence-electron chi connectivity index (χ4n) is 1.24. The first-order valence-corrected chi connectivity index (χ1v) is 5.24. The lowest BCUT2D eigenvalue weighted by Gasteiger charge is -1.99. The summed E-state index contributed by atoms with van der Waals surface area (Å²) in [7, 11) is 0. The predicted molar refractivity (Wildman–Crippen MR) is 63.9 cm³/mol. The molecule has 0 radical (unpaired) electrons. The third-order valence-electron chi connectivity index (χ3n) is 2.01. The van der Waals surface area contributed by atoms with E-state index in [0.29, 0.717) is 0 Å². The van der Waals surface area contributed by atoms with Crippen LogP contribution in [0, 0.1) is 11.8 Å². The topological polar surface area (TPSA) is 101 Å². The van der Waals surface area contributed by atoms with E-state index < -0.39 is 17.9 Å². The molecular formula is C13H10O6. The molecule has 0 aliphatic carbocycles. The number of hydrogen-bond donors (Lipinski definition) is 2. The van der Waals surface area contributed by atoms with E-state index in [1.165, 1.54) is 12.1 Å². The molecule has 0 spiro atoms. The van der Waals surface area contributed by atoms with Crippen LogP contribution in [0.3, 0.4) is 0 Å². The van der Waals surface area contributed by atoms with Crippen LogP contribution in [-0.2, 0) is 9.53 Å². The average molecular weight is 262 g/mol. The largest absolute Gasteiger partial charge is 0.478 e. The maximum Gasteiger partial charge on any atom is 0.384 e. The number of benzene rings is 1. The van der Waals surface area contributed by atoms with Crippen LogP contribution in [0.5, 0.6) is 0 Å². The van der Waals surface area contributed by atoms with Crippen molar-refractivity contribution in [1.82, 2.24) is 0 Å². The van der Waals surface area contributed by atoms with Crippen molar-refractivity contribution in [2.75, 3.05) is 6.61 Å². The van der Waals surface area contributed by atoms with Crippen molar-refractivity contribution < 1.29 is 29.3 Å². The quantitative estimate of drug-likeness (QED) is 0.622. The van der Waals surface area contributed by atoms with Crippen molar-refractivity contribution in [3.05, 3.63) is 34.9 Å². The normalized spacial score (nSPS) is 9.11. The molecule has 0 saturated carbocycles. The molecule has 0 aromatic heterocycles. The van der Waals surface area contributed by atoms with E-state index in [4.69, 9.17) is 10.2 Å². The van der Waals surface area contributed by atoms with Crippen LogP contribution >= 0.6 is 0 Å². The number of carbonyl (C=O) groups excluding carboxylic acids is 1. The number of aromatic carboxylic acids is 2. The number of rotatable bonds is 3. The zero-order valence-corrected chi connectivity index (χ0v) is 9.97. The molecule has 6 heteroatoms. The van der Waals surface area contributed by atoms with Gasteiger partial charge in [-0.25, -0.2) is 14.4 Å². The first-order chi connectivity index (χ1) is 8.93. The standard InChI is InChI=1S/C13H10O6/c1-2-19-11(14)4-3-8-5-9(12(15)16)7-10(6-8)13(17)18/h5-7H,2H2,1H3,(H,15,16)(H,17,18). The van der Waals surface area contributed by atoms with Crippen molar-refractivity contribution >= 4 is 17.9 Å². The Morgan fingerprint density at radius 3 is 2.05 bits per heavy atom. The van der Waals surface area contributed by atoms with Gasteiger partial charge in [0.2, 0.25) is 0 Å². The number of carbonyl (C=O) groups is 3. The number of esters is 1. The minimum absolute atomic E-state index is 0.116. The summed E-state index contributed by atoms with van der Waals surface area (Å²) < 4.78 is 4.57. The molecule has 1 aromatic rings. The summed E-state index contributed by atoms with van der Waals surface area (Å²) in [5.74, 6) is 1.19. The van der Waals surface area contributed by atoms with E-state index in [1.54, 1.807) is 6.92 Å². The number of carboxylic acids is 2. The maximum atomic E-state index is 11.0. The van der Waals surface area contributed by atoms with Gasteiger partial charge in [0.25, 0.3) is 0 Å². The molecule has 0 aliphatic heterocycles. The van der Waals surface area contributed by atoms with Gasteiger partial charge in [0.15, 0.2) is 0 Å². The fraction of sp³-hybridized carbons (Fsp3) is 0.154. The monoisotopic (exact) mass is 262 g/mol. The Morgan fingerprint density at radius 1 is 1.11 bits per heavy atom. The highest BCUT2D eigenvalue weighted by Gasteiger charge is 2.10. The Bertz CT molecular complexity index is 559. The average Bonchev–Trinajstić information content (AvgIpc) is 2.36. The Labute approximate surface area is 108 Å². The second kappa shape index (κ2) is 6.21. The lowest BCUT2D eigenvalue weighted by molar-refractivity contribution is -0.136. The molecule has 0 aliphatic rings. The van der Waals surface area contributed by atoms with Crippen LogP contribution in [0.4, 0.5) is 0 Å². The van der Waals surface area contributed by atoms with E-state index in [1.807, 2.05) is 0 Å². The molecule has 0 amide bonds. The van der Waals surface area contributed by atoms with Gasteiger partial charge in [-0.15, -0.1) is 0 Å². The Balaban J connectivity index is 3.17. The lowest BCUT2D eigenvalue weighted by atomic mass is 10.1. The minimum atomic E-state index is -1.28. The van der Waals surface area contributed by atoms with Gasteiger partial charge in [-0.3, -0.25) is 0 Å². The molecule has 6 nitrogen and oxygen atoms in total. The number of carboxylic acid groups (broad SMARTS) is 2. The Kier molecular flexibility index (Phi) is 4.66. The predicted octanol–water partition coefficient (Wildman–Crippen LogP) is 0.998. The van der Waals surface area contributed by atoms with Gasteiger partial charge < -0.3 is 14.9 Å². The van der Waals surface area contributed by atoms with E-state index in [-0.39, 0.29) is 23.3 Å². The first kappa shape index (κ1) is 14.3. The number of hydrogen-bond acceptors (Lipinski definition) is 4. The van der Waals surface area contributed by atoms with Gasteiger partial charge in [-0.05, 0) is 25.1 Å². The molecule has 0 bridgehead atoms. The molecule has 0 heterocycles. The van der Waals surface area contributed by atoms with Gasteiger partial charge >= 0.3 is 17.9 Å². The molecule has 1 aromatic carbocycles. The van der Waals surface area contributed by atoms with Crippen molar-refractivity contribution in [3.8, 4) is 11.8 Å². The van der Waals surface area contributed by atoms with E-state index in [0.717, 1.165) is 6.07 Å². The fourth-order valence-corrected chi connectivity index (χ4v) is 1.24. The van der Waals surface area contributed by atoms with Gasteiger partial charge in [-0.2, -0.15) is 0 Å². The van der Waals surface area contributed by atoms with Gasteiger partial charge in [0.1, 0.15) is 0 Å². The molecule has 98 valence electrons. The van der Waals surface area contributed by atoms with Crippen LogP contribution in [0.15, 0.2) is 18.2 Å². The Hall–Kier alpha value is -2.81. The van der Waals surface area contributed by atoms with Gasteiger partial charge in [0, 0.05) is 11.5 Å². The van der Waals surface area contributed by atoms with Crippen molar-refractivity contribution in [3.63, 3.8) is 0 Å². The van der Waals surface area contributed by atoms with Crippen molar-refractivity contribution in [2.24, 2.45) is 0 Å². The summed E-state index contributed by atoms with van der Waals surface area (Å²) in [4.78, 5) is 32.7. The molecule has 0 atom stereocenters. The second-order valence-corrected chi connectivity index (χ2v) is 3.38. The highest BCUT2D eigenvalue weighted by atomic mass is 16.5. The first-order valence-electron chi connectivity index (χ1n) is 5.24. The number of ether oxygens (including phenoxy) is 1. The van der Waals surface area contributed by atoms with Crippen molar-refractivity contribution in [2.45, 2.75) is 6.92 Å². The third-order valence-corrected chi connectivity index (χ3v) is 2.01. The van der Waals surface area contributed by atoms with Crippen LogP contribution in [0.1, 0.15) is 33.2 Å². The molecule has 1 rings (SSSR count). The zero-order chi connectivity index (χ0) is 14.4. The summed E-state index contributed by atoms with van der Waals surface area (Å²) in [5.41, 5.74) is -0.313. The second-order valence-electron chi connectivity index (χ2n) is 3.38. The van der Waals surface area contributed by atoms with Crippen LogP contribution < -0.4 is 0 Å². The smallest absolute Gasteiger partial charge is 0.384 e. The highest BCUT2D eigenvalue weighted by Crippen LogP contribution is 2.10. The summed E-state index contributed by atoms with van der Waals surface area (Å²) in [6, 6.07) is 3.38. The molecule has 0 fully saturated rings. The van der Waals surface area contributed by atoms with E-state index in [2.05, 4.69) is 16.6 Å². The molecule has 2 N–H and O–H groups in total. The summed E-state index contributed by atoms with van der Waals surface area (Å²) in [6.45, 7) is 1.79. The van der Waals surface area contributed by atoms with Gasteiger partial charge in [0.05, 0.1) is 17.7 Å². The lowest BCUT2D eigenvalue weighted by Crippen LogP contribution is -2.03. The van der Waals surface area contributed by atoms with Crippen LogP contribution in [0.25, 0.3) is 0 Å². The SMILES string of the molecule is CCOC(=O)C#Cc1cc(C(=O)O)cc(C(=O)O)c1. The van der Waals surface area contributed by atoms with E-state index in [9.17, 15) is 14.4 Å². The highest BCUT2D eigenvalue weighted by molar-refractivity contribution is 5.95. The van der Waals surface area contributed by atoms with Crippen molar-refractivity contribution in [1.29, 1.82) is 0 Å². The Morgan fingerprint density at radius 2 is 1.63 bits per heavy atom. The summed E-state index contributed by atoms with van der Waals surface area (Å²) >= 11 is 0. The molecule has 19 heavy (non-hydrogen) atoms. The summed E-state index contributed by atoms with van der Waals surface area (Å²) in [6.07, 6.45) is 0. The summed E-state index contributed by atoms with van der Waals surface area (Å²) in [5, 5.41) is 17.7. The zero-order valence-electron chi connectivity index (χ0n) is 9.97. The molecule has 0 saturated heterocycles. The third kappa shape index (κ3) is 4.16. The molecule has 0 unspecified atom stereocenters. The minimum Gasteiger partial charge on any atom is -0.478 e. The van der Waals surface area contributed by atoms with Crippen LogP contribution in [-0.4, -0.2) is 34.7 Å².